The van der Waals surface area contributed by atoms with Crippen LogP contribution in [0.2, 0.25) is 0 Å². The molecule has 4 nitrogen and oxygen atoms in total. The Bertz CT molecular complexity index is 743. The van der Waals surface area contributed by atoms with Gasteiger partial charge in [-0.3, -0.25) is 0 Å². The van der Waals surface area contributed by atoms with Gasteiger partial charge in [-0.2, -0.15) is 0 Å². The number of aryl methyl sites for hydroxylation is 1. The topological polar surface area (TPSA) is 76.5 Å². The molecule has 3 rings (SSSR count). The van der Waals surface area contributed by atoms with E-state index >= 15 is 0 Å². The molecule has 0 aliphatic heterocycles. The van der Waals surface area contributed by atoms with Gasteiger partial charge in [0.05, 0.1) is 11.0 Å². The van der Waals surface area contributed by atoms with Gasteiger partial charge in [-0.05, 0) is 12.5 Å². The molecule has 4 N–H and O–H groups in total. The second-order valence-corrected chi connectivity index (χ2v) is 4.17. The molecule has 0 spiro atoms. The first kappa shape index (κ1) is 9.84. The largest absolute Gasteiger partial charge is 0.508 e. The van der Waals surface area contributed by atoms with E-state index in [1.54, 1.807) is 13.0 Å². The Kier molecular flexibility index (Phi) is 1.78. The number of hydrogen-bond acceptors (Lipinski definition) is 3. The number of nitrogens with one attached hydrogen (secondary N) is 1. The van der Waals surface area contributed by atoms with Crippen LogP contribution >= 0.6 is 0 Å². The summed E-state index contributed by atoms with van der Waals surface area (Å²) in [4.78, 5) is 3.00. The fraction of sp³-hybridized carbons (Fsp3) is 0.0769. The van der Waals surface area contributed by atoms with Crippen LogP contribution in [0.3, 0.4) is 0 Å². The number of aromatic amines is 1. The highest BCUT2D eigenvalue weighted by atomic mass is 16.3. The van der Waals surface area contributed by atoms with E-state index in [9.17, 15) is 15.3 Å². The van der Waals surface area contributed by atoms with Crippen molar-refractivity contribution < 1.29 is 15.3 Å². The van der Waals surface area contributed by atoms with Gasteiger partial charge in [-0.1, -0.05) is 12.1 Å². The molecular formula is C13H11NO3. The number of aromatic nitrogens is 1. The molecule has 86 valence electrons. The Morgan fingerprint density at radius 1 is 1.06 bits per heavy atom. The van der Waals surface area contributed by atoms with Crippen molar-refractivity contribution in [2.24, 2.45) is 0 Å². The predicted octanol–water partition coefficient (Wildman–Crippen LogP) is 2.75. The van der Waals surface area contributed by atoms with Crippen molar-refractivity contribution in [3.8, 4) is 17.2 Å². The summed E-state index contributed by atoms with van der Waals surface area (Å²) < 4.78 is 0. The van der Waals surface area contributed by atoms with Crippen molar-refractivity contribution in [1.82, 2.24) is 4.98 Å². The maximum absolute atomic E-state index is 9.94. The second-order valence-electron chi connectivity index (χ2n) is 4.17. The van der Waals surface area contributed by atoms with E-state index in [-0.39, 0.29) is 17.2 Å². The van der Waals surface area contributed by atoms with E-state index in [1.807, 2.05) is 6.07 Å². The van der Waals surface area contributed by atoms with Gasteiger partial charge >= 0.3 is 0 Å². The zero-order valence-electron chi connectivity index (χ0n) is 9.15. The van der Waals surface area contributed by atoms with Gasteiger partial charge in [-0.15, -0.1) is 0 Å². The monoisotopic (exact) mass is 229 g/mol. The maximum atomic E-state index is 9.94. The standard InChI is InChI=1S/C13H11NO3/c1-6-2-3-8-11-9(14-12(8)13(6)17)4-7(15)5-10(11)16/h2-5,14-17H,1H3. The van der Waals surface area contributed by atoms with Gasteiger partial charge in [0.2, 0.25) is 0 Å². The maximum Gasteiger partial charge on any atom is 0.142 e. The van der Waals surface area contributed by atoms with E-state index < -0.39 is 0 Å². The highest BCUT2D eigenvalue weighted by Crippen LogP contribution is 2.39. The zero-order valence-corrected chi connectivity index (χ0v) is 9.15. The van der Waals surface area contributed by atoms with Crippen LogP contribution in [-0.4, -0.2) is 20.3 Å². The fourth-order valence-electron chi connectivity index (χ4n) is 2.16. The van der Waals surface area contributed by atoms with Crippen LogP contribution in [0.1, 0.15) is 5.56 Å². The number of phenols is 3. The minimum atomic E-state index is -0.0160. The summed E-state index contributed by atoms with van der Waals surface area (Å²) in [5, 5.41) is 30.5. The summed E-state index contributed by atoms with van der Waals surface area (Å²) in [7, 11) is 0. The van der Waals surface area contributed by atoms with E-state index in [1.165, 1.54) is 12.1 Å². The Morgan fingerprint density at radius 2 is 1.82 bits per heavy atom. The first-order valence-corrected chi connectivity index (χ1v) is 5.24. The van der Waals surface area contributed by atoms with Crippen LogP contribution in [0.15, 0.2) is 24.3 Å². The van der Waals surface area contributed by atoms with Crippen LogP contribution < -0.4 is 0 Å². The quantitative estimate of drug-likeness (QED) is 0.478. The molecule has 1 aromatic heterocycles. The Hall–Kier alpha value is -2.36. The van der Waals surface area contributed by atoms with Gasteiger partial charge in [-0.25, -0.2) is 0 Å². The van der Waals surface area contributed by atoms with Crippen LogP contribution in [0, 0.1) is 6.92 Å². The van der Waals surface area contributed by atoms with Crippen molar-refractivity contribution in [3.63, 3.8) is 0 Å². The molecule has 1 heterocycles. The molecule has 0 radical (unpaired) electrons. The first-order valence-electron chi connectivity index (χ1n) is 5.24. The highest BCUT2D eigenvalue weighted by Gasteiger charge is 2.13. The van der Waals surface area contributed by atoms with Crippen LogP contribution in [-0.2, 0) is 0 Å². The summed E-state index contributed by atoms with van der Waals surface area (Å²) in [5.74, 6) is 0.143. The molecule has 3 aromatic rings. The minimum Gasteiger partial charge on any atom is -0.508 e. The minimum absolute atomic E-state index is 0.00509. The lowest BCUT2D eigenvalue weighted by molar-refractivity contribution is 0.455. The third-order valence-corrected chi connectivity index (χ3v) is 3.01. The Morgan fingerprint density at radius 3 is 2.59 bits per heavy atom. The molecule has 0 aliphatic rings. The van der Waals surface area contributed by atoms with Crippen molar-refractivity contribution in [1.29, 1.82) is 0 Å². The molecule has 0 atom stereocenters. The van der Waals surface area contributed by atoms with Crippen molar-refractivity contribution >= 4 is 21.8 Å². The summed E-state index contributed by atoms with van der Waals surface area (Å²) in [6.45, 7) is 1.80. The van der Waals surface area contributed by atoms with Gasteiger partial charge < -0.3 is 20.3 Å². The second kappa shape index (κ2) is 3.07. The van der Waals surface area contributed by atoms with E-state index in [4.69, 9.17) is 0 Å². The number of H-pyrrole nitrogens is 1. The lowest BCUT2D eigenvalue weighted by Gasteiger charge is -2.00. The van der Waals surface area contributed by atoms with Crippen molar-refractivity contribution in [2.45, 2.75) is 6.92 Å². The van der Waals surface area contributed by atoms with Gasteiger partial charge in [0.25, 0.3) is 0 Å². The van der Waals surface area contributed by atoms with E-state index in [0.29, 0.717) is 16.4 Å². The molecule has 0 bridgehead atoms. The van der Waals surface area contributed by atoms with Crippen LogP contribution in [0.5, 0.6) is 17.2 Å². The summed E-state index contributed by atoms with van der Waals surface area (Å²) in [6.07, 6.45) is 0. The Labute approximate surface area is 96.8 Å². The third kappa shape index (κ3) is 1.24. The van der Waals surface area contributed by atoms with Gasteiger partial charge in [0, 0.05) is 22.9 Å². The average Bonchev–Trinajstić information content (AvgIpc) is 2.62. The molecule has 0 fully saturated rings. The molecular weight excluding hydrogens is 218 g/mol. The fourth-order valence-corrected chi connectivity index (χ4v) is 2.16. The predicted molar refractivity (Wildman–Crippen MR) is 65.5 cm³/mol. The summed E-state index contributed by atoms with van der Waals surface area (Å²) >= 11 is 0. The van der Waals surface area contributed by atoms with Crippen molar-refractivity contribution in [2.75, 3.05) is 0 Å². The Balaban J connectivity index is 2.59. The molecule has 17 heavy (non-hydrogen) atoms. The van der Waals surface area contributed by atoms with Crippen molar-refractivity contribution in [3.05, 3.63) is 29.8 Å². The van der Waals surface area contributed by atoms with Gasteiger partial charge in [0.1, 0.15) is 17.2 Å². The number of aromatic hydroxyl groups is 3. The molecule has 0 amide bonds. The molecule has 0 saturated carbocycles. The zero-order chi connectivity index (χ0) is 12.2. The molecule has 4 heteroatoms. The smallest absolute Gasteiger partial charge is 0.142 e. The van der Waals surface area contributed by atoms with Crippen LogP contribution in [0.4, 0.5) is 0 Å². The summed E-state index contributed by atoms with van der Waals surface area (Å²) in [5.41, 5.74) is 1.92. The third-order valence-electron chi connectivity index (χ3n) is 3.01. The lowest BCUT2D eigenvalue weighted by Crippen LogP contribution is -1.75. The SMILES string of the molecule is Cc1ccc2c([nH]c3cc(O)cc(O)c32)c1O. The number of benzene rings is 2. The van der Waals surface area contributed by atoms with Crippen LogP contribution in [0.25, 0.3) is 21.8 Å². The van der Waals surface area contributed by atoms with E-state index in [0.717, 1.165) is 10.9 Å². The molecule has 2 aromatic carbocycles. The number of fused-ring (bicyclic) bond motifs is 3. The molecule has 0 saturated heterocycles. The molecule has 0 unspecified atom stereocenters. The number of phenolic OH excluding ortho intramolecular Hbond substituents is 3. The van der Waals surface area contributed by atoms with E-state index in [2.05, 4.69) is 4.98 Å². The highest BCUT2D eigenvalue weighted by molar-refractivity contribution is 6.12. The summed E-state index contributed by atoms with van der Waals surface area (Å²) in [6, 6.07) is 6.42. The lowest BCUT2D eigenvalue weighted by atomic mass is 10.1. The normalized spacial score (nSPS) is 11.4. The van der Waals surface area contributed by atoms with Gasteiger partial charge in [0.15, 0.2) is 0 Å². The first-order chi connectivity index (χ1) is 8.08. The number of rotatable bonds is 0. The molecule has 0 aliphatic carbocycles. The number of hydrogen-bond donors (Lipinski definition) is 4. The average molecular weight is 229 g/mol.